The van der Waals surface area contributed by atoms with E-state index >= 15 is 0 Å². The number of hydrogen-bond acceptors (Lipinski definition) is 2. The fourth-order valence-electron chi connectivity index (χ4n) is 3.12. The topological polar surface area (TPSA) is 42.2 Å². The molecule has 2 rings (SSSR count). The summed E-state index contributed by atoms with van der Waals surface area (Å²) in [7, 11) is 1.96. The van der Waals surface area contributed by atoms with Crippen LogP contribution in [-0.4, -0.2) is 12.5 Å². The molecule has 1 amide bonds. The van der Waals surface area contributed by atoms with Crippen LogP contribution < -0.4 is 14.6 Å². The van der Waals surface area contributed by atoms with E-state index < -0.39 is 0 Å². The largest absolute Gasteiger partial charge is 0.494 e. The van der Waals surface area contributed by atoms with Crippen molar-refractivity contribution in [3.05, 3.63) is 58.9 Å². The molecule has 0 bridgehead atoms. The lowest BCUT2D eigenvalue weighted by atomic mass is 10.1. The Morgan fingerprint density at radius 3 is 2.31 bits per heavy atom. The van der Waals surface area contributed by atoms with Crippen LogP contribution >= 0.6 is 11.6 Å². The first kappa shape index (κ1) is 23.2. The first-order valence-corrected chi connectivity index (χ1v) is 11.1. The van der Waals surface area contributed by atoms with E-state index in [2.05, 4.69) is 12.2 Å². The Labute approximate surface area is 180 Å². The van der Waals surface area contributed by atoms with E-state index in [1.807, 2.05) is 42.2 Å². The highest BCUT2D eigenvalue weighted by atomic mass is 35.5. The molecule has 1 N–H and O–H groups in total. The van der Waals surface area contributed by atoms with E-state index in [9.17, 15) is 4.79 Å². The summed E-state index contributed by atoms with van der Waals surface area (Å²) in [6.07, 6.45) is 14.1. The summed E-state index contributed by atoms with van der Waals surface area (Å²) in [6, 6.07) is 9.22. The zero-order chi connectivity index (χ0) is 20.9. The SMILES string of the molecule is CCCCCCCCCCOc1ccc(C(=O)NCc2cc[n+](C)cc2)c(Cl)c1. The van der Waals surface area contributed by atoms with Crippen molar-refractivity contribution in [3.63, 3.8) is 0 Å². The molecule has 0 saturated heterocycles. The van der Waals surface area contributed by atoms with Gasteiger partial charge in [0.2, 0.25) is 0 Å². The van der Waals surface area contributed by atoms with Gasteiger partial charge in [-0.05, 0) is 30.2 Å². The normalized spacial score (nSPS) is 10.7. The highest BCUT2D eigenvalue weighted by molar-refractivity contribution is 6.34. The Hall–Kier alpha value is -2.07. The van der Waals surface area contributed by atoms with Gasteiger partial charge in [0.05, 0.1) is 17.2 Å². The lowest BCUT2D eigenvalue weighted by molar-refractivity contribution is -0.671. The molecule has 0 fully saturated rings. The number of aryl methyl sites for hydroxylation is 1. The van der Waals surface area contributed by atoms with Crippen LogP contribution in [0, 0.1) is 0 Å². The summed E-state index contributed by atoms with van der Waals surface area (Å²) >= 11 is 6.31. The fraction of sp³-hybridized carbons (Fsp3) is 0.500. The molecule has 5 heteroatoms. The van der Waals surface area contributed by atoms with Gasteiger partial charge in [-0.2, -0.15) is 0 Å². The number of benzene rings is 1. The lowest BCUT2D eigenvalue weighted by Crippen LogP contribution is -2.27. The average molecular weight is 418 g/mol. The van der Waals surface area contributed by atoms with E-state index in [0.717, 1.165) is 12.0 Å². The molecular weight excluding hydrogens is 384 g/mol. The van der Waals surface area contributed by atoms with Gasteiger partial charge >= 0.3 is 0 Å². The van der Waals surface area contributed by atoms with Crippen LogP contribution in [0.5, 0.6) is 5.75 Å². The average Bonchev–Trinajstić information content (AvgIpc) is 2.72. The molecule has 0 aliphatic carbocycles. The highest BCUT2D eigenvalue weighted by Gasteiger charge is 2.11. The molecule has 4 nitrogen and oxygen atoms in total. The van der Waals surface area contributed by atoms with Crippen LogP contribution in [0.15, 0.2) is 42.7 Å². The van der Waals surface area contributed by atoms with Crippen molar-refractivity contribution in [1.29, 1.82) is 0 Å². The number of rotatable bonds is 13. The number of unbranched alkanes of at least 4 members (excludes halogenated alkanes) is 7. The van der Waals surface area contributed by atoms with E-state index in [0.29, 0.717) is 29.5 Å². The lowest BCUT2D eigenvalue weighted by Gasteiger charge is -2.10. The predicted molar refractivity (Wildman–Crippen MR) is 118 cm³/mol. The number of carbonyl (C=O) groups is 1. The molecule has 158 valence electrons. The minimum Gasteiger partial charge on any atom is -0.494 e. The third kappa shape index (κ3) is 8.86. The van der Waals surface area contributed by atoms with E-state index in [1.54, 1.807) is 12.1 Å². The molecule has 0 aliphatic rings. The van der Waals surface area contributed by atoms with Gasteiger partial charge in [-0.1, -0.05) is 63.5 Å². The van der Waals surface area contributed by atoms with Crippen LogP contribution in [0.25, 0.3) is 0 Å². The maximum absolute atomic E-state index is 12.4. The van der Waals surface area contributed by atoms with Crippen molar-refractivity contribution >= 4 is 17.5 Å². The minimum atomic E-state index is -0.183. The van der Waals surface area contributed by atoms with Gasteiger partial charge in [0.15, 0.2) is 12.4 Å². The molecule has 0 spiro atoms. The number of nitrogens with zero attached hydrogens (tertiary/aromatic N) is 1. The van der Waals surface area contributed by atoms with Crippen LogP contribution in [0.3, 0.4) is 0 Å². The number of ether oxygens (including phenoxy) is 1. The summed E-state index contributed by atoms with van der Waals surface area (Å²) in [5.41, 5.74) is 1.51. The molecular formula is C24H34ClN2O2+. The zero-order valence-electron chi connectivity index (χ0n) is 17.8. The predicted octanol–water partition coefficient (Wildman–Crippen LogP) is 5.61. The van der Waals surface area contributed by atoms with Crippen molar-refractivity contribution in [2.45, 2.75) is 64.8 Å². The van der Waals surface area contributed by atoms with Gasteiger partial charge in [-0.3, -0.25) is 4.79 Å². The zero-order valence-corrected chi connectivity index (χ0v) is 18.5. The van der Waals surface area contributed by atoms with Crippen LogP contribution in [-0.2, 0) is 13.6 Å². The second kappa shape index (κ2) is 13.2. The minimum absolute atomic E-state index is 0.183. The number of nitrogens with one attached hydrogen (secondary N) is 1. The van der Waals surface area contributed by atoms with Gasteiger partial charge in [-0.15, -0.1) is 0 Å². The quantitative estimate of drug-likeness (QED) is 0.339. The summed E-state index contributed by atoms with van der Waals surface area (Å²) in [5, 5.41) is 3.32. The molecule has 2 aromatic rings. The maximum atomic E-state index is 12.4. The van der Waals surface area contributed by atoms with Gasteiger partial charge in [-0.25, -0.2) is 4.57 Å². The standard InChI is InChI=1S/C24H33ClN2O2/c1-3-4-5-6-7-8-9-10-17-29-21-11-12-22(23(25)18-21)24(28)26-19-20-13-15-27(2)16-14-20/h11-16,18H,3-10,17,19H2,1-2H3/p+1. The Balaban J connectivity index is 1.69. The number of aromatic nitrogens is 1. The van der Waals surface area contributed by atoms with Gasteiger partial charge in [0, 0.05) is 18.7 Å². The Morgan fingerprint density at radius 1 is 1.00 bits per heavy atom. The van der Waals surface area contributed by atoms with Gasteiger partial charge in [0.25, 0.3) is 5.91 Å². The van der Waals surface area contributed by atoms with Crippen LogP contribution in [0.4, 0.5) is 0 Å². The molecule has 0 atom stereocenters. The first-order valence-electron chi connectivity index (χ1n) is 10.7. The molecule has 29 heavy (non-hydrogen) atoms. The summed E-state index contributed by atoms with van der Waals surface area (Å²) in [6.45, 7) is 3.39. The van der Waals surface area contributed by atoms with Gasteiger partial charge < -0.3 is 10.1 Å². The molecule has 0 aliphatic heterocycles. The van der Waals surface area contributed by atoms with Crippen molar-refractivity contribution in [1.82, 2.24) is 5.32 Å². The number of halogens is 1. The summed E-state index contributed by atoms with van der Waals surface area (Å²) < 4.78 is 7.74. The van der Waals surface area contributed by atoms with Crippen molar-refractivity contribution in [3.8, 4) is 5.75 Å². The number of pyridine rings is 1. The number of hydrogen-bond donors (Lipinski definition) is 1. The van der Waals surface area contributed by atoms with Crippen LogP contribution in [0.1, 0.15) is 74.2 Å². The second-order valence-corrected chi connectivity index (χ2v) is 7.93. The maximum Gasteiger partial charge on any atom is 0.253 e. The van der Waals surface area contributed by atoms with Crippen molar-refractivity contribution < 1.29 is 14.1 Å². The second-order valence-electron chi connectivity index (χ2n) is 7.52. The third-order valence-corrected chi connectivity index (χ3v) is 5.27. The van der Waals surface area contributed by atoms with Crippen LogP contribution in [0.2, 0.25) is 5.02 Å². The molecule has 0 unspecified atom stereocenters. The molecule has 1 heterocycles. The van der Waals surface area contributed by atoms with Crippen molar-refractivity contribution in [2.24, 2.45) is 7.05 Å². The number of amides is 1. The van der Waals surface area contributed by atoms with Crippen molar-refractivity contribution in [2.75, 3.05) is 6.61 Å². The number of carbonyl (C=O) groups excluding carboxylic acids is 1. The van der Waals surface area contributed by atoms with E-state index in [4.69, 9.17) is 16.3 Å². The molecule has 1 aromatic heterocycles. The Morgan fingerprint density at radius 2 is 1.66 bits per heavy atom. The molecule has 1 aromatic carbocycles. The highest BCUT2D eigenvalue weighted by Crippen LogP contribution is 2.23. The Bertz CT molecular complexity index is 747. The van der Waals surface area contributed by atoms with E-state index in [-0.39, 0.29) is 5.91 Å². The Kier molecular flexibility index (Phi) is 10.6. The van der Waals surface area contributed by atoms with Gasteiger partial charge in [0.1, 0.15) is 12.8 Å². The third-order valence-electron chi connectivity index (χ3n) is 4.95. The fourth-order valence-corrected chi connectivity index (χ4v) is 3.38. The smallest absolute Gasteiger partial charge is 0.253 e. The molecule has 0 saturated carbocycles. The first-order chi connectivity index (χ1) is 14.1. The summed E-state index contributed by atoms with van der Waals surface area (Å²) in [4.78, 5) is 12.4. The summed E-state index contributed by atoms with van der Waals surface area (Å²) in [5.74, 6) is 0.530. The molecule has 0 radical (unpaired) electrons. The monoisotopic (exact) mass is 417 g/mol. The van der Waals surface area contributed by atoms with E-state index in [1.165, 1.54) is 44.9 Å².